The molecule has 1 N–H and O–H groups in total. The van der Waals surface area contributed by atoms with Gasteiger partial charge in [-0.25, -0.2) is 4.79 Å². The first-order valence-electron chi connectivity index (χ1n) is 1.53. The molecular formula is C4H8LiNaO2. The van der Waals surface area contributed by atoms with E-state index in [2.05, 4.69) is 6.58 Å². The number of aliphatic carboxylic acids is 1. The Labute approximate surface area is 82.8 Å². The maximum absolute atomic E-state index is 9.60. The topological polar surface area (TPSA) is 37.3 Å². The molecule has 0 fully saturated rings. The van der Waals surface area contributed by atoms with Gasteiger partial charge in [-0.05, 0) is 6.92 Å². The molecule has 0 aliphatic carbocycles. The van der Waals surface area contributed by atoms with Gasteiger partial charge in [-0.15, -0.1) is 0 Å². The molecule has 0 heterocycles. The van der Waals surface area contributed by atoms with Crippen LogP contribution < -0.4 is 0 Å². The molecule has 2 nitrogen and oxygen atoms in total. The van der Waals surface area contributed by atoms with Crippen LogP contribution in [0.1, 0.15) is 6.92 Å². The SMILES string of the molecule is C=C(C)C(=O)O.[LiH].[NaH]. The fourth-order valence-corrected chi connectivity index (χ4v) is 0. The Balaban J connectivity index is -0.000000125. The van der Waals surface area contributed by atoms with Crippen LogP contribution in [0.4, 0.5) is 0 Å². The van der Waals surface area contributed by atoms with Crippen LogP contribution in [0.25, 0.3) is 0 Å². The van der Waals surface area contributed by atoms with E-state index in [0.29, 0.717) is 0 Å². The van der Waals surface area contributed by atoms with E-state index in [-0.39, 0.29) is 54.0 Å². The van der Waals surface area contributed by atoms with Crippen molar-refractivity contribution in [2.75, 3.05) is 0 Å². The van der Waals surface area contributed by atoms with Crippen molar-refractivity contribution in [3.05, 3.63) is 12.2 Å². The molecule has 0 aromatic carbocycles. The van der Waals surface area contributed by atoms with E-state index in [9.17, 15) is 4.79 Å². The number of rotatable bonds is 1. The van der Waals surface area contributed by atoms with E-state index >= 15 is 0 Å². The number of carbonyl (C=O) groups is 1. The zero-order chi connectivity index (χ0) is 5.15. The van der Waals surface area contributed by atoms with Crippen LogP contribution in [0, 0.1) is 0 Å². The van der Waals surface area contributed by atoms with Crippen LogP contribution in [0.5, 0.6) is 0 Å². The van der Waals surface area contributed by atoms with Crippen LogP contribution in [0.3, 0.4) is 0 Å². The molecule has 0 aliphatic heterocycles. The van der Waals surface area contributed by atoms with E-state index in [1.165, 1.54) is 6.92 Å². The summed E-state index contributed by atoms with van der Waals surface area (Å²) >= 11 is 0. The van der Waals surface area contributed by atoms with Crippen molar-refractivity contribution >= 4 is 54.4 Å². The van der Waals surface area contributed by atoms with Gasteiger partial charge >= 0.3 is 54.4 Å². The molecule has 0 radical (unpaired) electrons. The van der Waals surface area contributed by atoms with E-state index < -0.39 is 5.97 Å². The van der Waals surface area contributed by atoms with E-state index in [1.54, 1.807) is 0 Å². The van der Waals surface area contributed by atoms with Crippen LogP contribution in [-0.2, 0) is 4.79 Å². The number of hydrogen-bond donors (Lipinski definition) is 1. The number of carboxylic acid groups (broad SMARTS) is 1. The van der Waals surface area contributed by atoms with Crippen molar-refractivity contribution in [3.63, 3.8) is 0 Å². The first-order valence-corrected chi connectivity index (χ1v) is 1.53. The summed E-state index contributed by atoms with van der Waals surface area (Å²) in [5.41, 5.74) is 0.176. The van der Waals surface area contributed by atoms with Crippen LogP contribution >= 0.6 is 0 Å². The van der Waals surface area contributed by atoms with Crippen LogP contribution in [0.15, 0.2) is 12.2 Å². The van der Waals surface area contributed by atoms with Gasteiger partial charge in [0.2, 0.25) is 0 Å². The van der Waals surface area contributed by atoms with Gasteiger partial charge in [-0.2, -0.15) is 0 Å². The normalized spacial score (nSPS) is 5.62. The molecule has 0 aliphatic rings. The van der Waals surface area contributed by atoms with Gasteiger partial charge in [-0.3, -0.25) is 0 Å². The summed E-state index contributed by atoms with van der Waals surface area (Å²) < 4.78 is 0. The molecule has 0 bridgehead atoms. The van der Waals surface area contributed by atoms with Crippen molar-refractivity contribution in [3.8, 4) is 0 Å². The first kappa shape index (κ1) is 15.9. The summed E-state index contributed by atoms with van der Waals surface area (Å²) in [5.74, 6) is -0.935. The molecule has 0 unspecified atom stereocenters. The van der Waals surface area contributed by atoms with Gasteiger partial charge in [0.05, 0.1) is 0 Å². The number of hydrogen-bond acceptors (Lipinski definition) is 1. The third kappa shape index (κ3) is 9.93. The van der Waals surface area contributed by atoms with Gasteiger partial charge in [0.1, 0.15) is 0 Å². The summed E-state index contributed by atoms with van der Waals surface area (Å²) in [6.07, 6.45) is 0. The minimum absolute atomic E-state index is 0. The van der Waals surface area contributed by atoms with Crippen LogP contribution in [-0.4, -0.2) is 59.5 Å². The van der Waals surface area contributed by atoms with E-state index in [1.807, 2.05) is 0 Å². The maximum atomic E-state index is 9.60. The molecule has 38 valence electrons. The Bertz CT molecular complexity index is 80.0. The van der Waals surface area contributed by atoms with Crippen molar-refractivity contribution in [2.45, 2.75) is 6.92 Å². The Hall–Kier alpha value is 0.807. The van der Waals surface area contributed by atoms with Gasteiger partial charge in [0, 0.05) is 5.57 Å². The second kappa shape index (κ2) is 7.81. The molecular weight excluding hydrogens is 110 g/mol. The standard InChI is InChI=1S/C4H6O2.Li.Na.2H/c1-3(2)4(5)6;;;;/h1H2,2H3,(H,5,6);;;;. The fourth-order valence-electron chi connectivity index (χ4n) is 0. The second-order valence-electron chi connectivity index (χ2n) is 1.09. The third-order valence-electron chi connectivity index (χ3n) is 0.365. The van der Waals surface area contributed by atoms with Crippen molar-refractivity contribution in [1.29, 1.82) is 0 Å². The average molecular weight is 118 g/mol. The molecule has 8 heavy (non-hydrogen) atoms. The molecule has 0 atom stereocenters. The Kier molecular flexibility index (Phi) is 15.5. The first-order chi connectivity index (χ1) is 2.64. The summed E-state index contributed by atoms with van der Waals surface area (Å²) in [6.45, 7) is 4.60. The molecule has 0 rings (SSSR count). The molecule has 0 aromatic rings. The van der Waals surface area contributed by atoms with E-state index in [0.717, 1.165) is 0 Å². The summed E-state index contributed by atoms with van der Waals surface area (Å²) in [5, 5.41) is 7.89. The van der Waals surface area contributed by atoms with Crippen LogP contribution in [0.2, 0.25) is 0 Å². The average Bonchev–Trinajstić information content (AvgIpc) is 1.36. The molecule has 0 aromatic heterocycles. The summed E-state index contributed by atoms with van der Waals surface area (Å²) in [7, 11) is 0. The minimum atomic E-state index is -0.935. The Morgan fingerprint density at radius 3 is 1.75 bits per heavy atom. The predicted octanol–water partition coefficient (Wildman–Crippen LogP) is -0.650. The van der Waals surface area contributed by atoms with Crippen molar-refractivity contribution in [2.24, 2.45) is 0 Å². The molecule has 0 saturated carbocycles. The Morgan fingerprint density at radius 2 is 1.75 bits per heavy atom. The quantitative estimate of drug-likeness (QED) is 0.367. The van der Waals surface area contributed by atoms with E-state index in [4.69, 9.17) is 5.11 Å². The zero-order valence-corrected chi connectivity index (χ0v) is 3.56. The number of carboxylic acids is 1. The zero-order valence-electron chi connectivity index (χ0n) is 3.56. The van der Waals surface area contributed by atoms with Gasteiger partial charge in [0.15, 0.2) is 0 Å². The van der Waals surface area contributed by atoms with Crippen molar-refractivity contribution < 1.29 is 9.90 Å². The Morgan fingerprint density at radius 1 is 1.62 bits per heavy atom. The monoisotopic (exact) mass is 118 g/mol. The summed E-state index contributed by atoms with van der Waals surface area (Å²) in [6, 6.07) is 0. The van der Waals surface area contributed by atoms with Gasteiger partial charge < -0.3 is 5.11 Å². The molecule has 0 saturated heterocycles. The third-order valence-corrected chi connectivity index (χ3v) is 0.365. The van der Waals surface area contributed by atoms with Crippen molar-refractivity contribution in [1.82, 2.24) is 0 Å². The molecule has 0 amide bonds. The van der Waals surface area contributed by atoms with Gasteiger partial charge in [-0.1, -0.05) is 6.58 Å². The predicted molar refractivity (Wildman–Crippen MR) is 36.7 cm³/mol. The second-order valence-corrected chi connectivity index (χ2v) is 1.09. The van der Waals surface area contributed by atoms with Gasteiger partial charge in [0.25, 0.3) is 0 Å². The fraction of sp³-hybridized carbons (Fsp3) is 0.250. The molecule has 4 heteroatoms. The molecule has 0 spiro atoms. The summed E-state index contributed by atoms with van der Waals surface area (Å²) in [4.78, 5) is 9.60.